The van der Waals surface area contributed by atoms with Gasteiger partial charge < -0.3 is 4.74 Å². The molecule has 0 amide bonds. The Morgan fingerprint density at radius 2 is 2.31 bits per heavy atom. The van der Waals surface area contributed by atoms with E-state index in [9.17, 15) is 4.79 Å². The second kappa shape index (κ2) is 3.76. The molecule has 0 N–H and O–H groups in total. The minimum absolute atomic E-state index is 0.0467. The summed E-state index contributed by atoms with van der Waals surface area (Å²) in [6, 6.07) is 0. The van der Waals surface area contributed by atoms with Crippen molar-refractivity contribution < 1.29 is 9.53 Å². The molecule has 13 heavy (non-hydrogen) atoms. The van der Waals surface area contributed by atoms with Gasteiger partial charge in [0.15, 0.2) is 0 Å². The molecule has 0 aromatic carbocycles. The molecule has 0 saturated carbocycles. The van der Waals surface area contributed by atoms with Gasteiger partial charge in [0, 0.05) is 25.1 Å². The molecule has 0 aliphatic carbocycles. The maximum Gasteiger partial charge on any atom is 0.134 e. The van der Waals surface area contributed by atoms with Crippen LogP contribution in [-0.2, 0) is 9.53 Å². The van der Waals surface area contributed by atoms with Crippen LogP contribution < -0.4 is 0 Å². The normalized spacial score (nSPS) is 35.2. The quantitative estimate of drug-likeness (QED) is 0.655. The van der Waals surface area contributed by atoms with Crippen LogP contribution in [0.4, 0.5) is 0 Å². The maximum atomic E-state index is 11.2. The van der Waals surface area contributed by atoms with E-state index in [1.54, 1.807) is 14.0 Å². The molecule has 0 bridgehead atoms. The summed E-state index contributed by atoms with van der Waals surface area (Å²) in [5.74, 6) is 0.497. The Labute approximate surface area is 80.1 Å². The van der Waals surface area contributed by atoms with Crippen LogP contribution in [0.15, 0.2) is 0 Å². The Morgan fingerprint density at radius 3 is 2.69 bits per heavy atom. The van der Waals surface area contributed by atoms with Gasteiger partial charge in [0.25, 0.3) is 0 Å². The molecular weight excluding hydrogens is 166 g/mol. The SMILES string of the molecule is COCC1(C)CC(C(C)=O)CN1C. The Kier molecular flexibility index (Phi) is 3.09. The highest BCUT2D eigenvalue weighted by Gasteiger charge is 2.41. The Morgan fingerprint density at radius 1 is 1.69 bits per heavy atom. The van der Waals surface area contributed by atoms with E-state index in [0.29, 0.717) is 12.4 Å². The Hall–Kier alpha value is -0.410. The molecule has 1 aliphatic heterocycles. The number of likely N-dealkylation sites (tertiary alicyclic amines) is 1. The van der Waals surface area contributed by atoms with Crippen LogP contribution in [0.1, 0.15) is 20.3 Å². The first-order valence-corrected chi connectivity index (χ1v) is 4.70. The van der Waals surface area contributed by atoms with Gasteiger partial charge in [-0.3, -0.25) is 9.69 Å². The van der Waals surface area contributed by atoms with Crippen molar-refractivity contribution in [3.63, 3.8) is 0 Å². The summed E-state index contributed by atoms with van der Waals surface area (Å²) in [4.78, 5) is 13.4. The summed E-state index contributed by atoms with van der Waals surface area (Å²) in [6.45, 7) is 5.40. The zero-order valence-corrected chi connectivity index (χ0v) is 8.96. The van der Waals surface area contributed by atoms with Crippen molar-refractivity contribution in [1.29, 1.82) is 0 Å². The molecule has 1 aliphatic rings. The lowest BCUT2D eigenvalue weighted by Crippen LogP contribution is -2.42. The number of likely N-dealkylation sites (N-methyl/N-ethyl adjacent to an activating group) is 1. The van der Waals surface area contributed by atoms with Gasteiger partial charge in [-0.15, -0.1) is 0 Å². The van der Waals surface area contributed by atoms with Gasteiger partial charge in [-0.05, 0) is 27.3 Å². The topological polar surface area (TPSA) is 29.5 Å². The molecule has 2 atom stereocenters. The zero-order chi connectivity index (χ0) is 10.1. The zero-order valence-electron chi connectivity index (χ0n) is 8.96. The van der Waals surface area contributed by atoms with Gasteiger partial charge in [-0.1, -0.05) is 0 Å². The highest BCUT2D eigenvalue weighted by molar-refractivity contribution is 5.79. The van der Waals surface area contributed by atoms with Crippen LogP contribution in [0.3, 0.4) is 0 Å². The van der Waals surface area contributed by atoms with Crippen LogP contribution in [0.2, 0.25) is 0 Å². The van der Waals surface area contributed by atoms with Crippen molar-refractivity contribution in [2.45, 2.75) is 25.8 Å². The molecule has 0 radical (unpaired) electrons. The molecular formula is C10H19NO2. The molecule has 0 aromatic heterocycles. The van der Waals surface area contributed by atoms with E-state index in [4.69, 9.17) is 4.74 Å². The summed E-state index contributed by atoms with van der Waals surface area (Å²) in [6.07, 6.45) is 0.923. The minimum Gasteiger partial charge on any atom is -0.383 e. The molecule has 1 saturated heterocycles. The van der Waals surface area contributed by atoms with E-state index < -0.39 is 0 Å². The van der Waals surface area contributed by atoms with Gasteiger partial charge in [-0.2, -0.15) is 0 Å². The largest absolute Gasteiger partial charge is 0.383 e. The van der Waals surface area contributed by atoms with Gasteiger partial charge >= 0.3 is 0 Å². The second-order valence-electron chi connectivity index (χ2n) is 4.32. The summed E-state index contributed by atoms with van der Waals surface area (Å²) >= 11 is 0. The molecule has 1 fully saturated rings. The summed E-state index contributed by atoms with van der Waals surface area (Å²) in [5.41, 5.74) is 0.0467. The third kappa shape index (κ3) is 2.09. The molecule has 2 unspecified atom stereocenters. The Balaban J connectivity index is 2.64. The monoisotopic (exact) mass is 185 g/mol. The van der Waals surface area contributed by atoms with E-state index in [-0.39, 0.29) is 11.5 Å². The van der Waals surface area contributed by atoms with Gasteiger partial charge in [0.05, 0.1) is 6.61 Å². The van der Waals surface area contributed by atoms with E-state index in [0.717, 1.165) is 13.0 Å². The lowest BCUT2D eigenvalue weighted by molar-refractivity contribution is -0.120. The predicted octanol–water partition coefficient (Wildman–Crippen LogP) is 0.932. The summed E-state index contributed by atoms with van der Waals surface area (Å²) < 4.78 is 5.17. The first-order valence-electron chi connectivity index (χ1n) is 4.70. The molecule has 0 spiro atoms. The molecule has 3 nitrogen and oxygen atoms in total. The lowest BCUT2D eigenvalue weighted by Gasteiger charge is -2.31. The van der Waals surface area contributed by atoms with Crippen molar-refractivity contribution in [1.82, 2.24) is 4.90 Å². The summed E-state index contributed by atoms with van der Waals surface area (Å²) in [5, 5.41) is 0. The van der Waals surface area contributed by atoms with Gasteiger partial charge in [-0.25, -0.2) is 0 Å². The van der Waals surface area contributed by atoms with Crippen molar-refractivity contribution in [2.75, 3.05) is 27.3 Å². The first kappa shape index (κ1) is 10.7. The van der Waals surface area contributed by atoms with Crippen molar-refractivity contribution >= 4 is 5.78 Å². The fraction of sp³-hybridized carbons (Fsp3) is 0.900. The number of methoxy groups -OCH3 is 1. The van der Waals surface area contributed by atoms with Crippen LogP contribution in [0.5, 0.6) is 0 Å². The lowest BCUT2D eigenvalue weighted by atomic mass is 9.93. The van der Waals surface area contributed by atoms with E-state index in [1.807, 2.05) is 0 Å². The standard InChI is InChI=1S/C10H19NO2/c1-8(12)9-5-10(2,7-13-4)11(3)6-9/h9H,5-7H2,1-4H3. The number of nitrogens with zero attached hydrogens (tertiary/aromatic N) is 1. The third-order valence-corrected chi connectivity index (χ3v) is 3.13. The van der Waals surface area contributed by atoms with Gasteiger partial charge in [0.2, 0.25) is 0 Å². The predicted molar refractivity (Wildman–Crippen MR) is 51.7 cm³/mol. The van der Waals surface area contributed by atoms with Gasteiger partial charge in [0.1, 0.15) is 5.78 Å². The average molecular weight is 185 g/mol. The molecule has 1 heterocycles. The molecule has 3 heteroatoms. The van der Waals surface area contributed by atoms with E-state index >= 15 is 0 Å². The van der Waals surface area contributed by atoms with Crippen molar-refractivity contribution in [2.24, 2.45) is 5.92 Å². The maximum absolute atomic E-state index is 11.2. The molecule has 76 valence electrons. The number of ether oxygens (including phenoxy) is 1. The van der Waals surface area contributed by atoms with Crippen molar-refractivity contribution in [3.05, 3.63) is 0 Å². The van der Waals surface area contributed by atoms with E-state index in [2.05, 4.69) is 18.9 Å². The number of hydrogen-bond donors (Lipinski definition) is 0. The fourth-order valence-corrected chi connectivity index (χ4v) is 2.05. The molecule has 1 rings (SSSR count). The average Bonchev–Trinajstić information content (AvgIpc) is 2.29. The number of rotatable bonds is 3. The van der Waals surface area contributed by atoms with Crippen LogP contribution in [0.25, 0.3) is 0 Å². The van der Waals surface area contributed by atoms with E-state index in [1.165, 1.54) is 0 Å². The number of Topliss-reactive ketones (excluding diaryl/α,β-unsaturated/α-hetero) is 1. The third-order valence-electron chi connectivity index (χ3n) is 3.13. The minimum atomic E-state index is 0.0467. The van der Waals surface area contributed by atoms with Crippen LogP contribution >= 0.6 is 0 Å². The number of ketones is 1. The highest BCUT2D eigenvalue weighted by atomic mass is 16.5. The number of carbonyl (C=O) groups is 1. The first-order chi connectivity index (χ1) is 5.99. The van der Waals surface area contributed by atoms with Crippen LogP contribution in [0, 0.1) is 5.92 Å². The number of carbonyl (C=O) groups excluding carboxylic acids is 1. The Bertz CT molecular complexity index is 205. The van der Waals surface area contributed by atoms with Crippen molar-refractivity contribution in [3.8, 4) is 0 Å². The number of hydrogen-bond acceptors (Lipinski definition) is 3. The smallest absolute Gasteiger partial charge is 0.134 e. The fourth-order valence-electron chi connectivity index (χ4n) is 2.05. The van der Waals surface area contributed by atoms with Crippen LogP contribution in [-0.4, -0.2) is 43.5 Å². The summed E-state index contributed by atoms with van der Waals surface area (Å²) in [7, 11) is 3.77. The molecule has 0 aromatic rings. The highest BCUT2D eigenvalue weighted by Crippen LogP contribution is 2.32. The second-order valence-corrected chi connectivity index (χ2v) is 4.32.